The Balaban J connectivity index is 2.27. The SMILES string of the molecule is CC/C=C/C1(C)CO1. The van der Waals surface area contributed by atoms with Gasteiger partial charge in [0.25, 0.3) is 0 Å². The van der Waals surface area contributed by atoms with Gasteiger partial charge < -0.3 is 4.74 Å². The van der Waals surface area contributed by atoms with Crippen molar-refractivity contribution < 1.29 is 4.74 Å². The van der Waals surface area contributed by atoms with Gasteiger partial charge in [0.1, 0.15) is 5.60 Å². The number of hydrogen-bond donors (Lipinski definition) is 0. The van der Waals surface area contributed by atoms with Crippen molar-refractivity contribution in [2.24, 2.45) is 0 Å². The molecular formula is C7H12O. The van der Waals surface area contributed by atoms with Crippen molar-refractivity contribution in [3.05, 3.63) is 12.2 Å². The Bertz CT molecular complexity index is 101. The van der Waals surface area contributed by atoms with E-state index in [-0.39, 0.29) is 5.60 Å². The second-order valence-corrected chi connectivity index (χ2v) is 2.41. The lowest BCUT2D eigenvalue weighted by molar-refractivity contribution is 0.369. The van der Waals surface area contributed by atoms with Crippen molar-refractivity contribution in [3.8, 4) is 0 Å². The summed E-state index contributed by atoms with van der Waals surface area (Å²) >= 11 is 0. The Morgan fingerprint density at radius 1 is 1.75 bits per heavy atom. The Hall–Kier alpha value is -0.300. The summed E-state index contributed by atoms with van der Waals surface area (Å²) in [6.45, 7) is 5.13. The molecule has 0 aromatic carbocycles. The Labute approximate surface area is 50.3 Å². The summed E-state index contributed by atoms with van der Waals surface area (Å²) in [5, 5.41) is 0. The van der Waals surface area contributed by atoms with Crippen LogP contribution in [0.3, 0.4) is 0 Å². The highest BCUT2D eigenvalue weighted by atomic mass is 16.6. The molecule has 1 heterocycles. The summed E-state index contributed by atoms with van der Waals surface area (Å²) in [5.74, 6) is 0. The first-order valence-corrected chi connectivity index (χ1v) is 3.08. The fourth-order valence-electron chi connectivity index (χ4n) is 0.577. The monoisotopic (exact) mass is 112 g/mol. The molecule has 46 valence electrons. The molecule has 0 aromatic heterocycles. The van der Waals surface area contributed by atoms with Gasteiger partial charge in [-0.3, -0.25) is 0 Å². The van der Waals surface area contributed by atoms with Gasteiger partial charge in [0, 0.05) is 0 Å². The van der Waals surface area contributed by atoms with E-state index in [1.807, 2.05) is 0 Å². The summed E-state index contributed by atoms with van der Waals surface area (Å²) in [7, 11) is 0. The van der Waals surface area contributed by atoms with Gasteiger partial charge in [0.2, 0.25) is 0 Å². The normalized spacial score (nSPS) is 36.2. The molecule has 0 amide bonds. The van der Waals surface area contributed by atoms with Crippen molar-refractivity contribution in [2.75, 3.05) is 6.61 Å². The third-order valence-corrected chi connectivity index (χ3v) is 1.31. The molecule has 1 nitrogen and oxygen atoms in total. The topological polar surface area (TPSA) is 12.5 Å². The Kier molecular flexibility index (Phi) is 1.39. The minimum Gasteiger partial charge on any atom is -0.365 e. The van der Waals surface area contributed by atoms with Crippen LogP contribution < -0.4 is 0 Å². The summed E-state index contributed by atoms with van der Waals surface area (Å²) in [4.78, 5) is 0. The van der Waals surface area contributed by atoms with Crippen molar-refractivity contribution in [1.82, 2.24) is 0 Å². The lowest BCUT2D eigenvalue weighted by atomic mass is 10.2. The maximum Gasteiger partial charge on any atom is 0.107 e. The summed E-state index contributed by atoms with van der Waals surface area (Å²) in [6.07, 6.45) is 5.39. The van der Waals surface area contributed by atoms with E-state index in [1.165, 1.54) is 0 Å². The quantitative estimate of drug-likeness (QED) is 0.391. The predicted octanol–water partition coefficient (Wildman–Crippen LogP) is 1.74. The largest absolute Gasteiger partial charge is 0.365 e. The van der Waals surface area contributed by atoms with Crippen LogP contribution >= 0.6 is 0 Å². The number of rotatable bonds is 2. The van der Waals surface area contributed by atoms with Gasteiger partial charge in [-0.1, -0.05) is 19.1 Å². The molecule has 0 saturated carbocycles. The molecule has 1 rings (SSSR count). The minimum atomic E-state index is 0.121. The van der Waals surface area contributed by atoms with Crippen molar-refractivity contribution in [2.45, 2.75) is 25.9 Å². The number of ether oxygens (including phenoxy) is 1. The second-order valence-electron chi connectivity index (χ2n) is 2.41. The number of allylic oxidation sites excluding steroid dienone is 1. The lowest BCUT2D eigenvalue weighted by Crippen LogP contribution is -1.95. The minimum absolute atomic E-state index is 0.121. The first-order valence-electron chi connectivity index (χ1n) is 3.08. The maximum atomic E-state index is 5.11. The van der Waals surface area contributed by atoms with Crippen LogP contribution in [0.4, 0.5) is 0 Å². The van der Waals surface area contributed by atoms with E-state index in [2.05, 4.69) is 26.0 Å². The molecule has 1 atom stereocenters. The fourth-order valence-corrected chi connectivity index (χ4v) is 0.577. The third kappa shape index (κ3) is 1.34. The van der Waals surface area contributed by atoms with Gasteiger partial charge in [-0.2, -0.15) is 0 Å². The van der Waals surface area contributed by atoms with Gasteiger partial charge in [0.05, 0.1) is 6.61 Å². The molecule has 1 heteroatoms. The highest BCUT2D eigenvalue weighted by molar-refractivity contribution is 5.06. The van der Waals surface area contributed by atoms with Crippen molar-refractivity contribution in [3.63, 3.8) is 0 Å². The zero-order valence-corrected chi connectivity index (χ0v) is 5.48. The van der Waals surface area contributed by atoms with E-state index in [1.54, 1.807) is 0 Å². The van der Waals surface area contributed by atoms with Gasteiger partial charge in [-0.15, -0.1) is 0 Å². The third-order valence-electron chi connectivity index (χ3n) is 1.31. The van der Waals surface area contributed by atoms with Crippen LogP contribution in [0.15, 0.2) is 12.2 Å². The second kappa shape index (κ2) is 1.90. The predicted molar refractivity (Wildman–Crippen MR) is 33.8 cm³/mol. The molecule has 1 fully saturated rings. The molecule has 1 aliphatic heterocycles. The van der Waals surface area contributed by atoms with Crippen LogP contribution in [0, 0.1) is 0 Å². The Morgan fingerprint density at radius 3 is 2.75 bits per heavy atom. The molecule has 1 saturated heterocycles. The van der Waals surface area contributed by atoms with E-state index in [0.717, 1.165) is 13.0 Å². The molecular weight excluding hydrogens is 100 g/mol. The molecule has 0 spiro atoms. The number of hydrogen-bond acceptors (Lipinski definition) is 1. The van der Waals surface area contributed by atoms with Crippen molar-refractivity contribution in [1.29, 1.82) is 0 Å². The van der Waals surface area contributed by atoms with Crippen molar-refractivity contribution >= 4 is 0 Å². The zero-order valence-electron chi connectivity index (χ0n) is 5.48. The van der Waals surface area contributed by atoms with Crippen LogP contribution in [0.25, 0.3) is 0 Å². The standard InChI is InChI=1S/C7H12O/c1-3-4-5-7(2)6-8-7/h4-5H,3,6H2,1-2H3/b5-4+. The molecule has 0 radical (unpaired) electrons. The Morgan fingerprint density at radius 2 is 2.38 bits per heavy atom. The highest BCUT2D eigenvalue weighted by Gasteiger charge is 2.35. The van der Waals surface area contributed by atoms with Crippen LogP contribution in [-0.4, -0.2) is 12.2 Å². The molecule has 0 aliphatic carbocycles. The van der Waals surface area contributed by atoms with E-state index in [0.29, 0.717) is 0 Å². The van der Waals surface area contributed by atoms with Crippen LogP contribution in [0.5, 0.6) is 0 Å². The molecule has 0 N–H and O–H groups in total. The fraction of sp³-hybridized carbons (Fsp3) is 0.714. The van der Waals surface area contributed by atoms with Gasteiger partial charge >= 0.3 is 0 Å². The highest BCUT2D eigenvalue weighted by Crippen LogP contribution is 2.26. The van der Waals surface area contributed by atoms with E-state index in [4.69, 9.17) is 4.74 Å². The van der Waals surface area contributed by atoms with Crippen LogP contribution in [-0.2, 0) is 4.74 Å². The molecule has 0 aromatic rings. The average Bonchev–Trinajstić information content (AvgIpc) is 2.45. The summed E-state index contributed by atoms with van der Waals surface area (Å²) in [6, 6.07) is 0. The van der Waals surface area contributed by atoms with E-state index < -0.39 is 0 Å². The van der Waals surface area contributed by atoms with Crippen LogP contribution in [0.1, 0.15) is 20.3 Å². The molecule has 0 bridgehead atoms. The zero-order chi connectivity index (χ0) is 6.04. The first-order chi connectivity index (χ1) is 3.77. The molecule has 1 aliphatic rings. The van der Waals surface area contributed by atoms with E-state index in [9.17, 15) is 0 Å². The summed E-state index contributed by atoms with van der Waals surface area (Å²) in [5.41, 5.74) is 0.121. The smallest absolute Gasteiger partial charge is 0.107 e. The molecule has 8 heavy (non-hydrogen) atoms. The summed E-state index contributed by atoms with van der Waals surface area (Å²) < 4.78 is 5.11. The lowest BCUT2D eigenvalue weighted by Gasteiger charge is -1.90. The maximum absolute atomic E-state index is 5.11. The number of epoxide rings is 1. The molecule has 1 unspecified atom stereocenters. The average molecular weight is 112 g/mol. The van der Waals surface area contributed by atoms with Gasteiger partial charge in [-0.25, -0.2) is 0 Å². The van der Waals surface area contributed by atoms with Gasteiger partial charge in [-0.05, 0) is 13.3 Å². The first kappa shape index (κ1) is 5.83. The van der Waals surface area contributed by atoms with Crippen LogP contribution in [0.2, 0.25) is 0 Å². The van der Waals surface area contributed by atoms with Gasteiger partial charge in [0.15, 0.2) is 0 Å². The van der Waals surface area contributed by atoms with E-state index >= 15 is 0 Å².